The van der Waals surface area contributed by atoms with E-state index >= 15 is 0 Å². The Labute approximate surface area is 56.0 Å². The molecule has 0 amide bonds. The monoisotopic (exact) mass is 133 g/mol. The molecule has 0 atom stereocenters. The lowest BCUT2D eigenvalue weighted by Crippen LogP contribution is -2.36. The summed E-state index contributed by atoms with van der Waals surface area (Å²) in [5.74, 6) is 0. The van der Waals surface area contributed by atoms with Gasteiger partial charge in [-0.15, -0.1) is 0 Å². The molecule has 56 valence electrons. The van der Waals surface area contributed by atoms with E-state index in [1.807, 2.05) is 20.9 Å². The molecule has 0 heterocycles. The first-order valence-corrected chi connectivity index (χ1v) is 3.02. The van der Waals surface area contributed by atoms with Gasteiger partial charge in [-0.05, 0) is 20.9 Å². The van der Waals surface area contributed by atoms with Crippen molar-refractivity contribution in [2.75, 3.05) is 20.4 Å². The first-order chi connectivity index (χ1) is 4.12. The van der Waals surface area contributed by atoms with Crippen LogP contribution in [-0.4, -0.2) is 31.1 Å². The summed E-state index contributed by atoms with van der Waals surface area (Å²) in [6.07, 6.45) is 0. The predicted molar refractivity (Wildman–Crippen MR) is 36.2 cm³/mol. The molecule has 9 heavy (non-hydrogen) atoms. The van der Waals surface area contributed by atoms with Gasteiger partial charge in [0.2, 0.25) is 0 Å². The molecule has 0 aliphatic rings. The fourth-order valence-electron chi connectivity index (χ4n) is 0.651. The Hall–Kier alpha value is -0.120. The molecule has 0 saturated carbocycles. The highest BCUT2D eigenvalue weighted by atomic mass is 16.6. The van der Waals surface area contributed by atoms with Gasteiger partial charge >= 0.3 is 0 Å². The van der Waals surface area contributed by atoms with Crippen molar-refractivity contribution in [3.8, 4) is 0 Å². The molecule has 0 saturated heterocycles. The van der Waals surface area contributed by atoms with E-state index < -0.39 is 0 Å². The van der Waals surface area contributed by atoms with Crippen LogP contribution in [0, 0.1) is 0 Å². The van der Waals surface area contributed by atoms with E-state index in [9.17, 15) is 0 Å². The van der Waals surface area contributed by atoms with Gasteiger partial charge in [-0.25, -0.2) is 0 Å². The van der Waals surface area contributed by atoms with Gasteiger partial charge in [-0.3, -0.25) is 0 Å². The van der Waals surface area contributed by atoms with E-state index in [1.165, 1.54) is 0 Å². The third-order valence-electron chi connectivity index (χ3n) is 1.06. The first kappa shape index (κ1) is 8.88. The van der Waals surface area contributed by atoms with Crippen molar-refractivity contribution in [3.63, 3.8) is 0 Å². The van der Waals surface area contributed by atoms with Crippen LogP contribution in [0.5, 0.6) is 0 Å². The van der Waals surface area contributed by atoms with Crippen molar-refractivity contribution < 1.29 is 9.84 Å². The Morgan fingerprint density at radius 1 is 1.56 bits per heavy atom. The van der Waals surface area contributed by atoms with Crippen LogP contribution in [0.3, 0.4) is 0 Å². The van der Waals surface area contributed by atoms with Crippen LogP contribution in [0.4, 0.5) is 0 Å². The summed E-state index contributed by atoms with van der Waals surface area (Å²) in [5, 5.41) is 11.3. The minimum atomic E-state index is -0.260. The fourth-order valence-corrected chi connectivity index (χ4v) is 0.651. The van der Waals surface area contributed by atoms with Crippen LogP contribution >= 0.6 is 0 Å². The van der Waals surface area contributed by atoms with E-state index in [2.05, 4.69) is 5.32 Å². The summed E-state index contributed by atoms with van der Waals surface area (Å²) in [4.78, 5) is 0. The highest BCUT2D eigenvalue weighted by molar-refractivity contribution is 4.69. The van der Waals surface area contributed by atoms with Crippen LogP contribution in [0.15, 0.2) is 0 Å². The Balaban J connectivity index is 3.43. The third kappa shape index (κ3) is 4.39. The lowest BCUT2D eigenvalue weighted by Gasteiger charge is -2.22. The maximum Gasteiger partial charge on any atom is 0.144 e. The van der Waals surface area contributed by atoms with Gasteiger partial charge in [0.25, 0.3) is 0 Å². The minimum absolute atomic E-state index is 0.214. The van der Waals surface area contributed by atoms with Crippen molar-refractivity contribution in [3.05, 3.63) is 0 Å². The van der Waals surface area contributed by atoms with E-state index in [0.717, 1.165) is 6.54 Å². The molecular formula is C6H15NO2. The Morgan fingerprint density at radius 3 is 2.44 bits per heavy atom. The van der Waals surface area contributed by atoms with Gasteiger partial charge in [0, 0.05) is 6.54 Å². The fraction of sp³-hybridized carbons (Fsp3) is 1.00. The number of aliphatic hydroxyl groups is 1. The lowest BCUT2D eigenvalue weighted by atomic mass is 10.1. The molecule has 3 nitrogen and oxygen atoms in total. The molecule has 2 N–H and O–H groups in total. The maximum absolute atomic E-state index is 8.38. The average molecular weight is 133 g/mol. The second kappa shape index (κ2) is 3.82. The Bertz CT molecular complexity index is 65.5. The van der Waals surface area contributed by atoms with Crippen LogP contribution in [0.1, 0.15) is 13.8 Å². The lowest BCUT2D eigenvalue weighted by molar-refractivity contribution is -0.0951. The predicted octanol–water partition coefficient (Wildman–Crippen LogP) is -0.0492. The van der Waals surface area contributed by atoms with Gasteiger partial charge < -0.3 is 15.2 Å². The summed E-state index contributed by atoms with van der Waals surface area (Å²) in [5.41, 5.74) is -0.260. The summed E-state index contributed by atoms with van der Waals surface area (Å²) in [6.45, 7) is 4.36. The van der Waals surface area contributed by atoms with Crippen molar-refractivity contribution in [1.82, 2.24) is 5.32 Å². The normalized spacial score (nSPS) is 12.0. The Morgan fingerprint density at radius 2 is 2.11 bits per heavy atom. The molecule has 0 radical (unpaired) electrons. The molecule has 3 heteroatoms. The van der Waals surface area contributed by atoms with Crippen molar-refractivity contribution >= 4 is 0 Å². The van der Waals surface area contributed by atoms with Crippen molar-refractivity contribution in [2.24, 2.45) is 0 Å². The van der Waals surface area contributed by atoms with Gasteiger partial charge in [0.15, 0.2) is 0 Å². The van der Waals surface area contributed by atoms with E-state index in [1.54, 1.807) is 0 Å². The molecular weight excluding hydrogens is 118 g/mol. The van der Waals surface area contributed by atoms with Crippen LogP contribution in [0.2, 0.25) is 0 Å². The number of likely N-dealkylation sites (N-methyl/N-ethyl adjacent to an activating group) is 1. The first-order valence-electron chi connectivity index (χ1n) is 3.02. The van der Waals surface area contributed by atoms with Crippen LogP contribution in [-0.2, 0) is 4.74 Å². The molecule has 0 aliphatic carbocycles. The van der Waals surface area contributed by atoms with Gasteiger partial charge in [-0.1, -0.05) is 0 Å². The molecule has 0 bridgehead atoms. The number of ether oxygens (including phenoxy) is 1. The summed E-state index contributed by atoms with van der Waals surface area (Å²) < 4.78 is 4.96. The van der Waals surface area contributed by atoms with E-state index in [-0.39, 0.29) is 12.4 Å². The smallest absolute Gasteiger partial charge is 0.144 e. The zero-order chi connectivity index (χ0) is 7.33. The minimum Gasteiger partial charge on any atom is -0.371 e. The van der Waals surface area contributed by atoms with E-state index in [0.29, 0.717) is 0 Å². The quantitative estimate of drug-likeness (QED) is 0.528. The number of hydrogen-bond donors (Lipinski definition) is 2. The van der Waals surface area contributed by atoms with Crippen LogP contribution in [0.25, 0.3) is 0 Å². The highest BCUT2D eigenvalue weighted by Gasteiger charge is 2.15. The summed E-state index contributed by atoms with van der Waals surface area (Å²) >= 11 is 0. The maximum atomic E-state index is 8.38. The number of aliphatic hydroxyl groups excluding tert-OH is 1. The summed E-state index contributed by atoms with van der Waals surface area (Å²) in [7, 11) is 1.85. The van der Waals surface area contributed by atoms with Crippen molar-refractivity contribution in [2.45, 2.75) is 19.4 Å². The summed E-state index contributed by atoms with van der Waals surface area (Å²) in [6, 6.07) is 0. The molecule has 0 aromatic carbocycles. The topological polar surface area (TPSA) is 41.5 Å². The molecule has 0 aromatic heterocycles. The van der Waals surface area contributed by atoms with Crippen LogP contribution < -0.4 is 5.32 Å². The zero-order valence-electron chi connectivity index (χ0n) is 6.27. The molecule has 0 spiro atoms. The number of nitrogens with one attached hydrogen (secondary N) is 1. The molecule has 0 rings (SSSR count). The van der Waals surface area contributed by atoms with Gasteiger partial charge in [0.1, 0.15) is 6.79 Å². The largest absolute Gasteiger partial charge is 0.371 e. The average Bonchev–Trinajstić information content (AvgIpc) is 1.64. The highest BCUT2D eigenvalue weighted by Crippen LogP contribution is 2.05. The van der Waals surface area contributed by atoms with Crippen molar-refractivity contribution in [1.29, 1.82) is 0 Å². The number of hydrogen-bond acceptors (Lipinski definition) is 3. The van der Waals surface area contributed by atoms with Gasteiger partial charge in [-0.2, -0.15) is 0 Å². The number of rotatable bonds is 4. The standard InChI is InChI=1S/C6H15NO2/c1-6(2,4-7-3)9-5-8/h7-8H,4-5H2,1-3H3. The van der Waals surface area contributed by atoms with E-state index in [4.69, 9.17) is 9.84 Å². The molecule has 0 unspecified atom stereocenters. The SMILES string of the molecule is CNCC(C)(C)OCO. The zero-order valence-corrected chi connectivity index (χ0v) is 6.27. The Kier molecular flexibility index (Phi) is 3.77. The third-order valence-corrected chi connectivity index (χ3v) is 1.06. The second-order valence-corrected chi connectivity index (χ2v) is 2.56. The van der Waals surface area contributed by atoms with Gasteiger partial charge in [0.05, 0.1) is 5.60 Å². The molecule has 0 fully saturated rings. The second-order valence-electron chi connectivity index (χ2n) is 2.56. The molecule has 0 aliphatic heterocycles. The molecule has 0 aromatic rings.